The molecule has 3 rings (SSSR count). The fourth-order valence-electron chi connectivity index (χ4n) is 3.40. The van der Waals surface area contributed by atoms with Crippen LogP contribution in [0.5, 0.6) is 0 Å². The molecule has 0 bridgehead atoms. The number of rotatable bonds is 5. The van der Waals surface area contributed by atoms with Crippen LogP contribution in [0.4, 0.5) is 15.3 Å². The number of carbonyl (C=O) groups excluding carboxylic acids is 2. The Morgan fingerprint density at radius 2 is 2.07 bits per heavy atom. The van der Waals surface area contributed by atoms with Crippen LogP contribution in [0.2, 0.25) is 0 Å². The van der Waals surface area contributed by atoms with Gasteiger partial charge < -0.3 is 19.9 Å². The number of thiol groups is 1. The molecule has 1 aromatic rings. The molecule has 2 fully saturated rings. The third-order valence-corrected chi connectivity index (χ3v) is 5.09. The van der Waals surface area contributed by atoms with Crippen molar-refractivity contribution in [2.75, 3.05) is 19.6 Å². The van der Waals surface area contributed by atoms with Crippen LogP contribution >= 0.6 is 12.6 Å². The van der Waals surface area contributed by atoms with E-state index in [9.17, 15) is 19.7 Å². The molecule has 2 saturated heterocycles. The monoisotopic (exact) mass is 394 g/mol. The number of nitro groups is 1. The second-order valence-electron chi connectivity index (χ2n) is 6.93. The van der Waals surface area contributed by atoms with E-state index in [-0.39, 0.29) is 35.7 Å². The lowest BCUT2D eigenvalue weighted by atomic mass is 10.2. The van der Waals surface area contributed by atoms with Crippen molar-refractivity contribution in [3.05, 3.63) is 39.9 Å². The first kappa shape index (κ1) is 19.3. The molecule has 3 amide bonds. The van der Waals surface area contributed by atoms with Gasteiger partial charge in [-0.25, -0.2) is 9.59 Å². The largest absolute Gasteiger partial charge is 0.445 e. The lowest BCUT2D eigenvalue weighted by molar-refractivity contribution is -0.384. The molecular formula is C17H22N4O5S. The fraction of sp³-hybridized carbons (Fsp3) is 0.529. The summed E-state index contributed by atoms with van der Waals surface area (Å²) in [6, 6.07) is 5.69. The Morgan fingerprint density at radius 3 is 2.67 bits per heavy atom. The summed E-state index contributed by atoms with van der Waals surface area (Å²) in [5.41, 5.74) is 0.653. The van der Waals surface area contributed by atoms with Gasteiger partial charge in [0.1, 0.15) is 6.61 Å². The van der Waals surface area contributed by atoms with Crippen molar-refractivity contribution < 1.29 is 19.2 Å². The molecule has 2 aliphatic rings. The van der Waals surface area contributed by atoms with Crippen molar-refractivity contribution in [1.82, 2.24) is 15.1 Å². The number of hydrogen-bond donors (Lipinski definition) is 2. The molecule has 146 valence electrons. The lowest BCUT2D eigenvalue weighted by Crippen LogP contribution is -2.44. The van der Waals surface area contributed by atoms with Gasteiger partial charge in [-0.3, -0.25) is 10.1 Å². The van der Waals surface area contributed by atoms with E-state index >= 15 is 0 Å². The zero-order valence-electron chi connectivity index (χ0n) is 14.9. The average molecular weight is 394 g/mol. The van der Waals surface area contributed by atoms with Gasteiger partial charge in [0.25, 0.3) is 5.69 Å². The van der Waals surface area contributed by atoms with Crippen LogP contribution in [0.25, 0.3) is 0 Å². The Bertz CT molecular complexity index is 729. The number of likely N-dealkylation sites (tertiary alicyclic amines) is 1. The van der Waals surface area contributed by atoms with Gasteiger partial charge in [0, 0.05) is 43.1 Å². The highest BCUT2D eigenvalue weighted by atomic mass is 32.1. The van der Waals surface area contributed by atoms with Crippen LogP contribution in [0.15, 0.2) is 24.3 Å². The van der Waals surface area contributed by atoms with Gasteiger partial charge in [-0.15, -0.1) is 0 Å². The molecule has 3 atom stereocenters. The highest BCUT2D eigenvalue weighted by Crippen LogP contribution is 2.25. The van der Waals surface area contributed by atoms with Gasteiger partial charge >= 0.3 is 12.1 Å². The Balaban J connectivity index is 1.57. The molecule has 9 nitrogen and oxygen atoms in total. The minimum absolute atomic E-state index is 0.0132. The summed E-state index contributed by atoms with van der Waals surface area (Å²) < 4.78 is 5.37. The predicted molar refractivity (Wildman–Crippen MR) is 101 cm³/mol. The molecule has 27 heavy (non-hydrogen) atoms. The van der Waals surface area contributed by atoms with Gasteiger partial charge in [0.15, 0.2) is 0 Å². The molecule has 0 aromatic heterocycles. The van der Waals surface area contributed by atoms with Crippen LogP contribution in [0, 0.1) is 10.1 Å². The second-order valence-corrected chi connectivity index (χ2v) is 7.66. The number of nitrogens with one attached hydrogen (secondary N) is 1. The quantitative estimate of drug-likeness (QED) is 0.452. The van der Waals surface area contributed by atoms with Crippen LogP contribution in [-0.4, -0.2) is 63.8 Å². The number of benzene rings is 1. The van der Waals surface area contributed by atoms with E-state index in [4.69, 9.17) is 4.74 Å². The Labute approximate surface area is 162 Å². The minimum Gasteiger partial charge on any atom is -0.445 e. The van der Waals surface area contributed by atoms with Crippen molar-refractivity contribution in [2.24, 2.45) is 0 Å². The van der Waals surface area contributed by atoms with Gasteiger partial charge in [0.2, 0.25) is 0 Å². The maximum Gasteiger partial charge on any atom is 0.410 e. The number of ether oxygens (including phenoxy) is 1. The summed E-state index contributed by atoms with van der Waals surface area (Å²) in [5.74, 6) is 0. The zero-order valence-corrected chi connectivity index (χ0v) is 15.8. The molecule has 0 aliphatic carbocycles. The van der Waals surface area contributed by atoms with Crippen LogP contribution < -0.4 is 5.32 Å². The summed E-state index contributed by atoms with van der Waals surface area (Å²) in [6.07, 6.45) is 0.219. The number of non-ortho nitro benzene ring substituents is 1. The summed E-state index contributed by atoms with van der Waals surface area (Å²) >= 11 is 4.48. The van der Waals surface area contributed by atoms with Crippen LogP contribution in [0.3, 0.4) is 0 Å². The minimum atomic E-state index is -0.479. The molecule has 10 heteroatoms. The van der Waals surface area contributed by atoms with Gasteiger partial charge in [-0.2, -0.15) is 12.6 Å². The van der Waals surface area contributed by atoms with Crippen molar-refractivity contribution in [3.63, 3.8) is 0 Å². The van der Waals surface area contributed by atoms with E-state index in [0.29, 0.717) is 31.6 Å². The van der Waals surface area contributed by atoms with E-state index in [2.05, 4.69) is 17.9 Å². The molecule has 1 N–H and O–H groups in total. The molecule has 0 saturated carbocycles. The number of amides is 3. The number of nitro benzene ring substituents is 1. The Morgan fingerprint density at radius 1 is 1.37 bits per heavy atom. The molecule has 1 aromatic carbocycles. The highest BCUT2D eigenvalue weighted by Gasteiger charge is 2.38. The fourth-order valence-corrected chi connectivity index (χ4v) is 3.82. The molecule has 0 unspecified atom stereocenters. The second kappa shape index (κ2) is 8.03. The van der Waals surface area contributed by atoms with Crippen LogP contribution in [0.1, 0.15) is 18.9 Å². The van der Waals surface area contributed by atoms with Gasteiger partial charge in [-0.05, 0) is 31.0 Å². The summed E-state index contributed by atoms with van der Waals surface area (Å²) in [5, 5.41) is 13.6. The SMILES string of the molecule is C[C@H]1CN(C[C@@H]2C[C@@H](S)CN2C(=O)OCc2ccc([N+](=O)[O-])cc2)C(=O)N1. The van der Waals surface area contributed by atoms with Crippen molar-refractivity contribution >= 4 is 30.4 Å². The van der Waals surface area contributed by atoms with Gasteiger partial charge in [-0.1, -0.05) is 0 Å². The van der Waals surface area contributed by atoms with E-state index < -0.39 is 11.0 Å². The van der Waals surface area contributed by atoms with E-state index in [1.807, 2.05) is 6.92 Å². The van der Waals surface area contributed by atoms with Gasteiger partial charge in [0.05, 0.1) is 11.0 Å². The number of hydrogen-bond acceptors (Lipinski definition) is 6. The summed E-state index contributed by atoms with van der Waals surface area (Å²) in [7, 11) is 0. The predicted octanol–water partition coefficient (Wildman–Crippen LogP) is 2.02. The number of carbonyl (C=O) groups is 2. The van der Waals surface area contributed by atoms with E-state index in [1.165, 1.54) is 12.1 Å². The maximum atomic E-state index is 12.5. The van der Waals surface area contributed by atoms with Crippen molar-refractivity contribution in [1.29, 1.82) is 0 Å². The van der Waals surface area contributed by atoms with E-state index in [0.717, 1.165) is 0 Å². The van der Waals surface area contributed by atoms with Crippen LogP contribution in [-0.2, 0) is 11.3 Å². The topological polar surface area (TPSA) is 105 Å². The molecule has 0 spiro atoms. The van der Waals surface area contributed by atoms with Crippen molar-refractivity contribution in [3.8, 4) is 0 Å². The highest BCUT2D eigenvalue weighted by molar-refractivity contribution is 7.81. The molecule has 2 aliphatic heterocycles. The molecule has 0 radical (unpaired) electrons. The Hall–Kier alpha value is -2.49. The summed E-state index contributed by atoms with van der Waals surface area (Å²) in [6.45, 7) is 3.47. The maximum absolute atomic E-state index is 12.5. The number of urea groups is 1. The first-order valence-electron chi connectivity index (χ1n) is 8.73. The molecular weight excluding hydrogens is 372 g/mol. The van der Waals surface area contributed by atoms with E-state index in [1.54, 1.807) is 21.9 Å². The first-order valence-corrected chi connectivity index (χ1v) is 9.25. The first-order chi connectivity index (χ1) is 12.8. The standard InChI is InChI=1S/C17H22N4O5S/c1-11-7-19(16(22)18-11)8-14-6-15(27)9-20(14)17(23)26-10-12-2-4-13(5-3-12)21(24)25/h2-5,11,14-15,27H,6-10H2,1H3,(H,18,22)/t11-,14-,15+/m0/s1. The average Bonchev–Trinajstić information content (AvgIpc) is 3.14. The lowest BCUT2D eigenvalue weighted by Gasteiger charge is -2.27. The zero-order chi connectivity index (χ0) is 19.6. The molecule has 2 heterocycles. The third kappa shape index (κ3) is 4.62. The third-order valence-electron chi connectivity index (χ3n) is 4.72. The number of nitrogens with zero attached hydrogens (tertiary/aromatic N) is 3. The summed E-state index contributed by atoms with van der Waals surface area (Å²) in [4.78, 5) is 38.0. The Kier molecular flexibility index (Phi) is 5.73. The normalized spacial score (nSPS) is 24.8. The smallest absolute Gasteiger partial charge is 0.410 e. The van der Waals surface area contributed by atoms with Crippen molar-refractivity contribution in [2.45, 2.75) is 37.3 Å².